The molecule has 1 aliphatic rings. The molecule has 0 aromatic carbocycles. The van der Waals surface area contributed by atoms with E-state index in [9.17, 15) is 4.79 Å². The Morgan fingerprint density at radius 1 is 1.65 bits per heavy atom. The number of nitrogens with zero attached hydrogens (tertiary/aromatic N) is 2. The molecule has 1 fully saturated rings. The van der Waals surface area contributed by atoms with E-state index in [4.69, 9.17) is 0 Å². The molecule has 0 spiro atoms. The predicted molar refractivity (Wildman–Crippen MR) is 68.4 cm³/mol. The van der Waals surface area contributed by atoms with Crippen LogP contribution >= 0.6 is 12.4 Å². The summed E-state index contributed by atoms with van der Waals surface area (Å²) in [5.41, 5.74) is 0.609. The molecular formula is C11H19ClN4O. The van der Waals surface area contributed by atoms with Crippen LogP contribution in [0.2, 0.25) is 0 Å². The van der Waals surface area contributed by atoms with Crippen LogP contribution < -0.4 is 10.6 Å². The van der Waals surface area contributed by atoms with Gasteiger partial charge in [-0.15, -0.1) is 12.4 Å². The van der Waals surface area contributed by atoms with Crippen LogP contribution in [-0.4, -0.2) is 34.8 Å². The van der Waals surface area contributed by atoms with Crippen molar-refractivity contribution in [1.29, 1.82) is 0 Å². The first-order valence-electron chi connectivity index (χ1n) is 5.68. The highest BCUT2D eigenvalue weighted by atomic mass is 35.5. The maximum absolute atomic E-state index is 11.9. The van der Waals surface area contributed by atoms with E-state index in [1.54, 1.807) is 24.0 Å². The second kappa shape index (κ2) is 6.02. The fraction of sp³-hybridized carbons (Fsp3) is 0.636. The highest BCUT2D eigenvalue weighted by molar-refractivity contribution is 5.92. The molecule has 0 radical (unpaired) electrons. The summed E-state index contributed by atoms with van der Waals surface area (Å²) in [6.07, 6.45) is 2.74. The van der Waals surface area contributed by atoms with Gasteiger partial charge >= 0.3 is 0 Å². The molecule has 1 amide bonds. The molecule has 1 aliphatic heterocycles. The topological polar surface area (TPSA) is 58.9 Å². The highest BCUT2D eigenvalue weighted by Gasteiger charge is 2.23. The van der Waals surface area contributed by atoms with Gasteiger partial charge < -0.3 is 10.6 Å². The summed E-state index contributed by atoms with van der Waals surface area (Å²) in [6.45, 7) is 4.07. The van der Waals surface area contributed by atoms with Crippen LogP contribution in [0.4, 0.5) is 0 Å². The summed E-state index contributed by atoms with van der Waals surface area (Å²) in [4.78, 5) is 11.9. The Labute approximate surface area is 107 Å². The van der Waals surface area contributed by atoms with Gasteiger partial charge in [-0.3, -0.25) is 9.48 Å². The van der Waals surface area contributed by atoms with Gasteiger partial charge in [0.1, 0.15) is 5.69 Å². The molecule has 96 valence electrons. The number of amides is 1. The van der Waals surface area contributed by atoms with E-state index in [2.05, 4.69) is 22.7 Å². The van der Waals surface area contributed by atoms with E-state index in [0.29, 0.717) is 11.6 Å². The minimum atomic E-state index is -0.0412. The Morgan fingerprint density at radius 3 is 3.00 bits per heavy atom. The van der Waals surface area contributed by atoms with Gasteiger partial charge in [-0.1, -0.05) is 6.92 Å². The first-order chi connectivity index (χ1) is 7.68. The van der Waals surface area contributed by atoms with Crippen LogP contribution in [-0.2, 0) is 7.05 Å². The van der Waals surface area contributed by atoms with Crippen LogP contribution in [0.25, 0.3) is 0 Å². The second-order valence-corrected chi connectivity index (χ2v) is 4.39. The van der Waals surface area contributed by atoms with Crippen molar-refractivity contribution in [3.05, 3.63) is 18.0 Å². The average Bonchev–Trinajstić information content (AvgIpc) is 2.68. The van der Waals surface area contributed by atoms with Crippen molar-refractivity contribution in [3.63, 3.8) is 0 Å². The average molecular weight is 259 g/mol. The van der Waals surface area contributed by atoms with Crippen LogP contribution in [0.15, 0.2) is 12.3 Å². The number of hydrogen-bond acceptors (Lipinski definition) is 3. The number of aromatic nitrogens is 2. The molecule has 17 heavy (non-hydrogen) atoms. The highest BCUT2D eigenvalue weighted by Crippen LogP contribution is 2.11. The first kappa shape index (κ1) is 14.0. The van der Waals surface area contributed by atoms with Gasteiger partial charge in [-0.05, 0) is 24.9 Å². The molecule has 0 aliphatic carbocycles. The third kappa shape index (κ3) is 3.20. The van der Waals surface area contributed by atoms with Crippen molar-refractivity contribution in [2.75, 3.05) is 13.1 Å². The molecule has 0 saturated carbocycles. The number of hydrogen-bond donors (Lipinski definition) is 2. The molecule has 2 N–H and O–H groups in total. The molecule has 2 rings (SSSR count). The lowest BCUT2D eigenvalue weighted by Gasteiger charge is -2.30. The fourth-order valence-corrected chi connectivity index (χ4v) is 2.02. The van der Waals surface area contributed by atoms with Crippen molar-refractivity contribution in [2.24, 2.45) is 13.0 Å². The Bertz CT molecular complexity index is 379. The lowest BCUT2D eigenvalue weighted by atomic mass is 9.95. The van der Waals surface area contributed by atoms with Gasteiger partial charge in [-0.25, -0.2) is 0 Å². The maximum Gasteiger partial charge on any atom is 0.269 e. The van der Waals surface area contributed by atoms with Crippen molar-refractivity contribution >= 4 is 18.3 Å². The molecule has 2 unspecified atom stereocenters. The summed E-state index contributed by atoms with van der Waals surface area (Å²) in [7, 11) is 1.78. The van der Waals surface area contributed by atoms with Crippen LogP contribution in [0.1, 0.15) is 23.8 Å². The molecule has 2 atom stereocenters. The standard InChI is InChI=1S/C11H18N4O.ClH/c1-8-3-5-12-7-9(8)14-11(16)10-4-6-13-15(10)2;/h4,6,8-9,12H,3,5,7H2,1-2H3,(H,14,16);1H. The number of carbonyl (C=O) groups excluding carboxylic acids is 1. The van der Waals surface area contributed by atoms with E-state index in [-0.39, 0.29) is 24.4 Å². The van der Waals surface area contributed by atoms with E-state index in [0.717, 1.165) is 19.5 Å². The summed E-state index contributed by atoms with van der Waals surface area (Å²) >= 11 is 0. The minimum absolute atomic E-state index is 0. The Morgan fingerprint density at radius 2 is 2.41 bits per heavy atom. The molecule has 5 nitrogen and oxygen atoms in total. The maximum atomic E-state index is 11.9. The SMILES string of the molecule is CC1CCNCC1NC(=O)c1ccnn1C.Cl. The van der Waals surface area contributed by atoms with Gasteiger partial charge in [0.15, 0.2) is 0 Å². The number of aryl methyl sites for hydroxylation is 1. The molecule has 1 saturated heterocycles. The van der Waals surface area contributed by atoms with Gasteiger partial charge in [0.25, 0.3) is 5.91 Å². The zero-order chi connectivity index (χ0) is 11.5. The number of piperidine rings is 1. The Hall–Kier alpha value is -1.07. The third-order valence-electron chi connectivity index (χ3n) is 3.20. The molecule has 6 heteroatoms. The van der Waals surface area contributed by atoms with Crippen molar-refractivity contribution in [3.8, 4) is 0 Å². The van der Waals surface area contributed by atoms with E-state index >= 15 is 0 Å². The Kier molecular flexibility index (Phi) is 4.96. The molecule has 2 heterocycles. The summed E-state index contributed by atoms with van der Waals surface area (Å²) < 4.78 is 1.59. The number of nitrogens with one attached hydrogen (secondary N) is 2. The summed E-state index contributed by atoms with van der Waals surface area (Å²) in [5, 5.41) is 10.3. The van der Waals surface area contributed by atoms with Crippen molar-refractivity contribution in [2.45, 2.75) is 19.4 Å². The number of rotatable bonds is 2. The van der Waals surface area contributed by atoms with E-state index in [1.807, 2.05) is 0 Å². The quantitative estimate of drug-likeness (QED) is 0.816. The first-order valence-corrected chi connectivity index (χ1v) is 5.68. The predicted octanol–water partition coefficient (Wildman–Crippen LogP) is 0.570. The second-order valence-electron chi connectivity index (χ2n) is 4.39. The van der Waals surface area contributed by atoms with E-state index in [1.165, 1.54) is 0 Å². The normalized spacial score (nSPS) is 23.9. The van der Waals surface area contributed by atoms with Gasteiger partial charge in [0.2, 0.25) is 0 Å². The number of halogens is 1. The van der Waals surface area contributed by atoms with Gasteiger partial charge in [0.05, 0.1) is 0 Å². The molecule has 1 aromatic heterocycles. The number of carbonyl (C=O) groups is 1. The largest absolute Gasteiger partial charge is 0.346 e. The van der Waals surface area contributed by atoms with Crippen molar-refractivity contribution in [1.82, 2.24) is 20.4 Å². The van der Waals surface area contributed by atoms with Gasteiger partial charge in [-0.2, -0.15) is 5.10 Å². The smallest absolute Gasteiger partial charge is 0.269 e. The lowest BCUT2D eigenvalue weighted by molar-refractivity contribution is 0.0905. The van der Waals surface area contributed by atoms with Crippen LogP contribution in [0.5, 0.6) is 0 Å². The van der Waals surface area contributed by atoms with Crippen LogP contribution in [0, 0.1) is 5.92 Å². The van der Waals surface area contributed by atoms with Crippen LogP contribution in [0.3, 0.4) is 0 Å². The van der Waals surface area contributed by atoms with Crippen molar-refractivity contribution < 1.29 is 4.79 Å². The third-order valence-corrected chi connectivity index (χ3v) is 3.20. The Balaban J connectivity index is 0.00000144. The summed E-state index contributed by atoms with van der Waals surface area (Å²) in [6, 6.07) is 1.95. The fourth-order valence-electron chi connectivity index (χ4n) is 2.02. The molecule has 1 aromatic rings. The zero-order valence-corrected chi connectivity index (χ0v) is 11.0. The zero-order valence-electron chi connectivity index (χ0n) is 10.1. The minimum Gasteiger partial charge on any atom is -0.346 e. The lowest BCUT2D eigenvalue weighted by Crippen LogP contribution is -2.50. The summed E-state index contributed by atoms with van der Waals surface area (Å²) in [5.74, 6) is 0.485. The molecular weight excluding hydrogens is 240 g/mol. The van der Waals surface area contributed by atoms with E-state index < -0.39 is 0 Å². The van der Waals surface area contributed by atoms with Gasteiger partial charge in [0, 0.05) is 25.8 Å². The monoisotopic (exact) mass is 258 g/mol. The molecule has 0 bridgehead atoms.